The molecule has 0 saturated heterocycles. The van der Waals surface area contributed by atoms with Gasteiger partial charge < -0.3 is 10.6 Å². The molecule has 27 heavy (non-hydrogen) atoms. The lowest BCUT2D eigenvalue weighted by atomic mass is 9.84. The SMILES string of the molecule is CCC(C)(CC(C)c1ccccc1)NC(=O)CCC(=O)Nc1ccncc1. The summed E-state index contributed by atoms with van der Waals surface area (Å²) in [6.07, 6.45) is 5.24. The van der Waals surface area contributed by atoms with Crippen LogP contribution in [0.1, 0.15) is 57.9 Å². The van der Waals surface area contributed by atoms with Gasteiger partial charge in [-0.25, -0.2) is 0 Å². The number of anilines is 1. The highest BCUT2D eigenvalue weighted by Gasteiger charge is 2.27. The van der Waals surface area contributed by atoms with E-state index in [-0.39, 0.29) is 30.2 Å². The van der Waals surface area contributed by atoms with Crippen molar-refractivity contribution in [3.05, 3.63) is 60.4 Å². The van der Waals surface area contributed by atoms with Crippen LogP contribution in [0.5, 0.6) is 0 Å². The van der Waals surface area contributed by atoms with E-state index in [0.717, 1.165) is 12.8 Å². The highest BCUT2D eigenvalue weighted by atomic mass is 16.2. The first kappa shape index (κ1) is 20.6. The Morgan fingerprint density at radius 1 is 1.04 bits per heavy atom. The van der Waals surface area contributed by atoms with Crippen LogP contribution in [0.3, 0.4) is 0 Å². The van der Waals surface area contributed by atoms with E-state index < -0.39 is 0 Å². The van der Waals surface area contributed by atoms with Crippen LogP contribution in [0.2, 0.25) is 0 Å². The number of amides is 2. The molecule has 1 aromatic heterocycles. The fourth-order valence-corrected chi connectivity index (χ4v) is 3.14. The summed E-state index contributed by atoms with van der Waals surface area (Å²) >= 11 is 0. The zero-order valence-corrected chi connectivity index (χ0v) is 16.4. The first-order chi connectivity index (χ1) is 12.9. The van der Waals surface area contributed by atoms with Gasteiger partial charge in [0, 0.05) is 36.5 Å². The Bertz CT molecular complexity index is 734. The maximum Gasteiger partial charge on any atom is 0.224 e. The molecule has 1 aromatic carbocycles. The molecule has 0 aliphatic carbocycles. The van der Waals surface area contributed by atoms with Crippen LogP contribution in [0.4, 0.5) is 5.69 Å². The zero-order valence-electron chi connectivity index (χ0n) is 16.4. The van der Waals surface area contributed by atoms with Gasteiger partial charge in [0.05, 0.1) is 0 Å². The van der Waals surface area contributed by atoms with Crippen molar-refractivity contribution in [1.82, 2.24) is 10.3 Å². The molecule has 5 nitrogen and oxygen atoms in total. The molecule has 1 heterocycles. The topological polar surface area (TPSA) is 71.1 Å². The van der Waals surface area contributed by atoms with Gasteiger partial charge in [-0.15, -0.1) is 0 Å². The Morgan fingerprint density at radius 3 is 2.30 bits per heavy atom. The fourth-order valence-electron chi connectivity index (χ4n) is 3.14. The summed E-state index contributed by atoms with van der Waals surface area (Å²) in [6.45, 7) is 6.33. The molecule has 2 unspecified atom stereocenters. The molecule has 5 heteroatoms. The molecule has 2 rings (SSSR count). The maximum atomic E-state index is 12.4. The van der Waals surface area contributed by atoms with Gasteiger partial charge in [-0.2, -0.15) is 0 Å². The molecule has 0 spiro atoms. The van der Waals surface area contributed by atoms with Crippen LogP contribution in [-0.4, -0.2) is 22.3 Å². The van der Waals surface area contributed by atoms with Crippen LogP contribution < -0.4 is 10.6 Å². The lowest BCUT2D eigenvalue weighted by Gasteiger charge is -2.32. The van der Waals surface area contributed by atoms with E-state index in [4.69, 9.17) is 0 Å². The standard InChI is InChI=1S/C22H29N3O2/c1-4-22(3,16-17(2)18-8-6-5-7-9-18)25-21(27)11-10-20(26)24-19-12-14-23-15-13-19/h5-9,12-15,17H,4,10-11,16H2,1-3H3,(H,25,27)(H,23,24,26). The molecule has 2 amide bonds. The Kier molecular flexibility index (Phi) is 7.53. The summed E-state index contributed by atoms with van der Waals surface area (Å²) in [5.41, 5.74) is 1.65. The number of nitrogens with one attached hydrogen (secondary N) is 2. The number of pyridine rings is 1. The molecular formula is C22H29N3O2. The van der Waals surface area contributed by atoms with Crippen LogP contribution in [0.25, 0.3) is 0 Å². The number of nitrogens with zero attached hydrogens (tertiary/aromatic N) is 1. The smallest absolute Gasteiger partial charge is 0.224 e. The summed E-state index contributed by atoms with van der Waals surface area (Å²) in [6, 6.07) is 13.8. The predicted molar refractivity (Wildman–Crippen MR) is 108 cm³/mol. The van der Waals surface area contributed by atoms with Gasteiger partial charge in [0.25, 0.3) is 0 Å². The van der Waals surface area contributed by atoms with E-state index in [0.29, 0.717) is 11.6 Å². The van der Waals surface area contributed by atoms with Crippen molar-refractivity contribution in [2.75, 3.05) is 5.32 Å². The number of benzene rings is 1. The Balaban J connectivity index is 1.83. The van der Waals surface area contributed by atoms with Crippen molar-refractivity contribution in [1.29, 1.82) is 0 Å². The highest BCUT2D eigenvalue weighted by molar-refractivity contribution is 5.93. The number of hydrogen-bond acceptors (Lipinski definition) is 3. The van der Waals surface area contributed by atoms with E-state index in [1.807, 2.05) is 18.2 Å². The number of carbonyl (C=O) groups excluding carboxylic acids is 2. The third-order valence-electron chi connectivity index (χ3n) is 4.89. The van der Waals surface area contributed by atoms with E-state index in [9.17, 15) is 9.59 Å². The van der Waals surface area contributed by atoms with Crippen molar-refractivity contribution in [2.24, 2.45) is 0 Å². The van der Waals surface area contributed by atoms with Gasteiger partial charge >= 0.3 is 0 Å². The normalized spacial score (nSPS) is 14.0. The second kappa shape index (κ2) is 9.86. The lowest BCUT2D eigenvalue weighted by Crippen LogP contribution is -2.46. The maximum absolute atomic E-state index is 12.4. The van der Waals surface area contributed by atoms with Crippen molar-refractivity contribution in [3.63, 3.8) is 0 Å². The van der Waals surface area contributed by atoms with Gasteiger partial charge in [0.2, 0.25) is 11.8 Å². The molecular weight excluding hydrogens is 338 g/mol. The number of aromatic nitrogens is 1. The van der Waals surface area contributed by atoms with E-state index >= 15 is 0 Å². The molecule has 0 bridgehead atoms. The summed E-state index contributed by atoms with van der Waals surface area (Å²) in [5.74, 6) is 0.0723. The highest BCUT2D eigenvalue weighted by Crippen LogP contribution is 2.27. The largest absolute Gasteiger partial charge is 0.351 e. The summed E-state index contributed by atoms with van der Waals surface area (Å²) < 4.78 is 0. The van der Waals surface area contributed by atoms with Crippen LogP contribution in [-0.2, 0) is 9.59 Å². The number of hydrogen-bond donors (Lipinski definition) is 2. The molecule has 144 valence electrons. The second-order valence-electron chi connectivity index (χ2n) is 7.26. The third-order valence-corrected chi connectivity index (χ3v) is 4.89. The summed E-state index contributed by atoms with van der Waals surface area (Å²) in [5, 5.41) is 5.90. The number of rotatable bonds is 9. The Hall–Kier alpha value is -2.69. The predicted octanol–water partition coefficient (Wildman–Crippen LogP) is 4.28. The van der Waals surface area contributed by atoms with E-state index in [1.165, 1.54) is 5.56 Å². The molecule has 0 saturated carbocycles. The number of carbonyl (C=O) groups is 2. The monoisotopic (exact) mass is 367 g/mol. The zero-order chi connectivity index (χ0) is 19.7. The third kappa shape index (κ3) is 6.85. The first-order valence-corrected chi connectivity index (χ1v) is 9.47. The van der Waals surface area contributed by atoms with Gasteiger partial charge in [-0.3, -0.25) is 14.6 Å². The molecule has 0 fully saturated rings. The second-order valence-corrected chi connectivity index (χ2v) is 7.26. The van der Waals surface area contributed by atoms with Crippen LogP contribution in [0, 0.1) is 0 Å². The molecule has 0 aliphatic heterocycles. The first-order valence-electron chi connectivity index (χ1n) is 9.47. The van der Waals surface area contributed by atoms with Gasteiger partial charge in [-0.1, -0.05) is 44.2 Å². The van der Waals surface area contributed by atoms with E-state index in [2.05, 4.69) is 48.5 Å². The molecule has 2 aromatic rings. The lowest BCUT2D eigenvalue weighted by molar-refractivity contribution is -0.125. The van der Waals surface area contributed by atoms with Gasteiger partial charge in [0.1, 0.15) is 0 Å². The fraction of sp³-hybridized carbons (Fsp3) is 0.409. The summed E-state index contributed by atoms with van der Waals surface area (Å²) in [7, 11) is 0. The minimum Gasteiger partial charge on any atom is -0.351 e. The minimum absolute atomic E-state index is 0.0931. The van der Waals surface area contributed by atoms with E-state index in [1.54, 1.807) is 24.5 Å². The van der Waals surface area contributed by atoms with Crippen molar-refractivity contribution in [2.45, 2.75) is 57.9 Å². The molecule has 2 atom stereocenters. The quantitative estimate of drug-likeness (QED) is 0.695. The summed E-state index contributed by atoms with van der Waals surface area (Å²) in [4.78, 5) is 28.3. The van der Waals surface area contributed by atoms with Crippen molar-refractivity contribution < 1.29 is 9.59 Å². The molecule has 2 N–H and O–H groups in total. The molecule has 0 radical (unpaired) electrons. The Morgan fingerprint density at radius 2 is 1.67 bits per heavy atom. The Labute approximate surface area is 161 Å². The van der Waals surface area contributed by atoms with Crippen LogP contribution >= 0.6 is 0 Å². The van der Waals surface area contributed by atoms with Crippen molar-refractivity contribution >= 4 is 17.5 Å². The van der Waals surface area contributed by atoms with Crippen LogP contribution in [0.15, 0.2) is 54.9 Å². The minimum atomic E-state index is -0.298. The van der Waals surface area contributed by atoms with Gasteiger partial charge in [-0.05, 0) is 43.4 Å². The average Bonchev–Trinajstić information content (AvgIpc) is 2.68. The van der Waals surface area contributed by atoms with Crippen molar-refractivity contribution in [3.8, 4) is 0 Å². The van der Waals surface area contributed by atoms with Gasteiger partial charge in [0.15, 0.2) is 0 Å². The molecule has 0 aliphatic rings. The average molecular weight is 367 g/mol.